The van der Waals surface area contributed by atoms with Crippen molar-refractivity contribution < 1.29 is 14.7 Å². The second-order valence-electron chi connectivity index (χ2n) is 4.85. The molecule has 0 aliphatic carbocycles. The van der Waals surface area contributed by atoms with Crippen molar-refractivity contribution in [2.45, 2.75) is 38.3 Å². The number of aromatic carboxylic acids is 1. The molecule has 7 nitrogen and oxygen atoms in total. The molecular formula is C13H18N4O3. The Morgan fingerprint density at radius 1 is 1.50 bits per heavy atom. The van der Waals surface area contributed by atoms with Gasteiger partial charge in [0.1, 0.15) is 0 Å². The highest BCUT2D eigenvalue weighted by atomic mass is 16.4. The molecule has 1 saturated heterocycles. The number of carboxylic acids is 1. The summed E-state index contributed by atoms with van der Waals surface area (Å²) >= 11 is 0. The summed E-state index contributed by atoms with van der Waals surface area (Å²) in [6, 6.07) is 0.159. The Bertz CT molecular complexity index is 511. The molecule has 1 aromatic rings. The molecule has 1 N–H and O–H groups in total. The summed E-state index contributed by atoms with van der Waals surface area (Å²) in [6.07, 6.45) is 6.56. The third-order valence-corrected chi connectivity index (χ3v) is 3.53. The molecular weight excluding hydrogens is 260 g/mol. The predicted octanol–water partition coefficient (Wildman–Crippen LogP) is 0.933. The smallest absolute Gasteiger partial charge is 0.358 e. The zero-order valence-corrected chi connectivity index (χ0v) is 11.2. The topological polar surface area (TPSA) is 88.3 Å². The minimum Gasteiger partial charge on any atom is -0.476 e. The third-order valence-electron chi connectivity index (χ3n) is 3.53. The molecule has 0 saturated carbocycles. The third kappa shape index (κ3) is 3.23. The van der Waals surface area contributed by atoms with Crippen molar-refractivity contribution in [2.75, 3.05) is 6.54 Å². The maximum absolute atomic E-state index is 11.8. The van der Waals surface area contributed by atoms with Gasteiger partial charge in [-0.15, -0.1) is 5.10 Å². The quantitative estimate of drug-likeness (QED) is 0.809. The van der Waals surface area contributed by atoms with Gasteiger partial charge in [-0.25, -0.2) is 4.79 Å². The number of likely N-dealkylation sites (tertiary alicyclic amines) is 1. The van der Waals surface area contributed by atoms with Crippen molar-refractivity contribution in [1.82, 2.24) is 19.9 Å². The first-order valence-corrected chi connectivity index (χ1v) is 6.68. The number of piperidine rings is 1. The van der Waals surface area contributed by atoms with Crippen LogP contribution >= 0.6 is 0 Å². The van der Waals surface area contributed by atoms with Gasteiger partial charge in [0.2, 0.25) is 5.91 Å². The molecule has 1 aliphatic rings. The van der Waals surface area contributed by atoms with Gasteiger partial charge in [-0.2, -0.15) is 0 Å². The van der Waals surface area contributed by atoms with Crippen molar-refractivity contribution >= 4 is 11.9 Å². The molecule has 0 radical (unpaired) electrons. The van der Waals surface area contributed by atoms with E-state index in [2.05, 4.69) is 16.9 Å². The van der Waals surface area contributed by atoms with E-state index in [0.717, 1.165) is 32.2 Å². The summed E-state index contributed by atoms with van der Waals surface area (Å²) < 4.78 is 1.51. The Balaban J connectivity index is 1.95. The molecule has 1 aromatic heterocycles. The number of hydrogen-bond acceptors (Lipinski definition) is 4. The van der Waals surface area contributed by atoms with E-state index in [-0.39, 0.29) is 17.6 Å². The molecule has 2 heterocycles. The van der Waals surface area contributed by atoms with Gasteiger partial charge in [-0.05, 0) is 31.8 Å². The van der Waals surface area contributed by atoms with E-state index >= 15 is 0 Å². The van der Waals surface area contributed by atoms with Crippen LogP contribution in [0.3, 0.4) is 0 Å². The van der Waals surface area contributed by atoms with Gasteiger partial charge in [0.05, 0.1) is 6.20 Å². The van der Waals surface area contributed by atoms with E-state index in [0.29, 0.717) is 6.54 Å². The fourth-order valence-corrected chi connectivity index (χ4v) is 2.50. The Morgan fingerprint density at radius 3 is 2.95 bits per heavy atom. The average Bonchev–Trinajstić information content (AvgIpc) is 2.93. The first kappa shape index (κ1) is 14.2. The molecule has 2 rings (SSSR count). The fraction of sp³-hybridized carbons (Fsp3) is 0.538. The predicted molar refractivity (Wildman–Crippen MR) is 71.1 cm³/mol. The van der Waals surface area contributed by atoms with E-state index < -0.39 is 5.97 Å². The second-order valence-corrected chi connectivity index (χ2v) is 4.85. The maximum Gasteiger partial charge on any atom is 0.358 e. The molecule has 7 heteroatoms. The van der Waals surface area contributed by atoms with Gasteiger partial charge in [0.25, 0.3) is 0 Å². The van der Waals surface area contributed by atoms with Crippen LogP contribution in [0.1, 0.15) is 36.2 Å². The number of amides is 1. The van der Waals surface area contributed by atoms with Crippen LogP contribution in [0.15, 0.2) is 18.9 Å². The van der Waals surface area contributed by atoms with Crippen LogP contribution in [-0.4, -0.2) is 49.5 Å². The average molecular weight is 278 g/mol. The number of aryl methyl sites for hydroxylation is 1. The van der Waals surface area contributed by atoms with Crippen LogP contribution in [-0.2, 0) is 11.3 Å². The SMILES string of the molecule is C=CC(=O)N1CCCCC1CCn1cc(C(=O)O)nn1. The van der Waals surface area contributed by atoms with Gasteiger partial charge in [-0.3, -0.25) is 9.48 Å². The monoisotopic (exact) mass is 278 g/mol. The molecule has 0 aromatic carbocycles. The van der Waals surface area contributed by atoms with E-state index in [1.165, 1.54) is 17.0 Å². The lowest BCUT2D eigenvalue weighted by Crippen LogP contribution is -2.43. The number of carbonyl (C=O) groups excluding carboxylic acids is 1. The van der Waals surface area contributed by atoms with Gasteiger partial charge in [0.15, 0.2) is 5.69 Å². The summed E-state index contributed by atoms with van der Waals surface area (Å²) in [5.41, 5.74) is -0.0623. The molecule has 0 spiro atoms. The normalized spacial score (nSPS) is 18.8. The van der Waals surface area contributed by atoms with E-state index in [1.807, 2.05) is 4.90 Å². The highest BCUT2D eigenvalue weighted by Gasteiger charge is 2.25. The van der Waals surface area contributed by atoms with Crippen LogP contribution in [0.25, 0.3) is 0 Å². The lowest BCUT2D eigenvalue weighted by atomic mass is 9.99. The lowest BCUT2D eigenvalue weighted by molar-refractivity contribution is -0.129. The van der Waals surface area contributed by atoms with Crippen LogP contribution in [0, 0.1) is 0 Å². The fourth-order valence-electron chi connectivity index (χ4n) is 2.50. The van der Waals surface area contributed by atoms with Crippen LogP contribution in [0.2, 0.25) is 0 Å². The Hall–Kier alpha value is -2.18. The summed E-state index contributed by atoms with van der Waals surface area (Å²) in [7, 11) is 0. The number of rotatable bonds is 5. The summed E-state index contributed by atoms with van der Waals surface area (Å²) in [4.78, 5) is 24.3. The van der Waals surface area contributed by atoms with Gasteiger partial charge in [0, 0.05) is 19.1 Å². The van der Waals surface area contributed by atoms with Crippen molar-refractivity contribution in [2.24, 2.45) is 0 Å². The van der Waals surface area contributed by atoms with Crippen molar-refractivity contribution in [3.63, 3.8) is 0 Å². The first-order valence-electron chi connectivity index (χ1n) is 6.68. The second kappa shape index (κ2) is 6.31. The number of hydrogen-bond donors (Lipinski definition) is 1. The largest absolute Gasteiger partial charge is 0.476 e. The maximum atomic E-state index is 11.8. The molecule has 1 atom stereocenters. The summed E-state index contributed by atoms with van der Waals surface area (Å²) in [6.45, 7) is 4.83. The Kier molecular flexibility index (Phi) is 4.49. The number of nitrogens with zero attached hydrogens (tertiary/aromatic N) is 4. The molecule has 108 valence electrons. The molecule has 1 amide bonds. The molecule has 0 bridgehead atoms. The molecule has 1 fully saturated rings. The first-order chi connectivity index (χ1) is 9.61. The van der Waals surface area contributed by atoms with E-state index in [9.17, 15) is 9.59 Å². The van der Waals surface area contributed by atoms with Crippen molar-refractivity contribution in [3.05, 3.63) is 24.5 Å². The highest BCUT2D eigenvalue weighted by molar-refractivity contribution is 5.87. The summed E-state index contributed by atoms with van der Waals surface area (Å²) in [5.74, 6) is -1.13. The Morgan fingerprint density at radius 2 is 2.30 bits per heavy atom. The van der Waals surface area contributed by atoms with Crippen molar-refractivity contribution in [3.8, 4) is 0 Å². The molecule has 1 aliphatic heterocycles. The highest BCUT2D eigenvalue weighted by Crippen LogP contribution is 2.20. The van der Waals surface area contributed by atoms with E-state index in [1.54, 1.807) is 0 Å². The number of carbonyl (C=O) groups is 2. The van der Waals surface area contributed by atoms with Gasteiger partial charge in [-0.1, -0.05) is 11.8 Å². The molecule has 1 unspecified atom stereocenters. The van der Waals surface area contributed by atoms with Crippen LogP contribution < -0.4 is 0 Å². The van der Waals surface area contributed by atoms with Crippen LogP contribution in [0.4, 0.5) is 0 Å². The lowest BCUT2D eigenvalue weighted by Gasteiger charge is -2.35. The minimum absolute atomic E-state index is 0.0421. The zero-order valence-electron chi connectivity index (χ0n) is 11.2. The number of aromatic nitrogens is 3. The van der Waals surface area contributed by atoms with Crippen LogP contribution in [0.5, 0.6) is 0 Å². The van der Waals surface area contributed by atoms with E-state index in [4.69, 9.17) is 5.11 Å². The van der Waals surface area contributed by atoms with Gasteiger partial charge < -0.3 is 10.0 Å². The number of carboxylic acid groups (broad SMARTS) is 1. The molecule has 20 heavy (non-hydrogen) atoms. The standard InChI is InChI=1S/C13H18N4O3/c1-2-12(18)17-7-4-3-5-10(17)6-8-16-9-11(13(19)20)14-15-16/h2,9-10H,1,3-8H2,(H,19,20). The minimum atomic E-state index is -1.09. The van der Waals surface area contributed by atoms with Crippen molar-refractivity contribution in [1.29, 1.82) is 0 Å². The Labute approximate surface area is 116 Å². The zero-order chi connectivity index (χ0) is 14.5. The van der Waals surface area contributed by atoms with Gasteiger partial charge >= 0.3 is 5.97 Å². The summed E-state index contributed by atoms with van der Waals surface area (Å²) in [5, 5.41) is 16.1.